The van der Waals surface area contributed by atoms with E-state index in [4.69, 9.17) is 4.74 Å². The summed E-state index contributed by atoms with van der Waals surface area (Å²) >= 11 is 0. The number of aryl methyl sites for hydroxylation is 1. The maximum absolute atomic E-state index is 13.8. The van der Waals surface area contributed by atoms with Gasteiger partial charge >= 0.3 is 6.09 Å². The lowest BCUT2D eigenvalue weighted by atomic mass is 9.97. The molecule has 7 heteroatoms. The Kier molecular flexibility index (Phi) is 10.3. The lowest BCUT2D eigenvalue weighted by molar-refractivity contribution is -0.140. The third kappa shape index (κ3) is 8.74. The van der Waals surface area contributed by atoms with Crippen LogP contribution in [0.3, 0.4) is 0 Å². The van der Waals surface area contributed by atoms with Gasteiger partial charge in [0.2, 0.25) is 11.8 Å². The van der Waals surface area contributed by atoms with Crippen molar-refractivity contribution >= 4 is 17.9 Å². The minimum atomic E-state index is -0.910. The minimum absolute atomic E-state index is 0.251. The Morgan fingerprint density at radius 2 is 1.63 bits per heavy atom. The second-order valence-electron chi connectivity index (χ2n) is 9.74. The van der Waals surface area contributed by atoms with Gasteiger partial charge in [-0.3, -0.25) is 9.59 Å². The predicted octanol–water partition coefficient (Wildman–Crippen LogP) is 4.55. The van der Waals surface area contributed by atoms with Crippen molar-refractivity contribution in [3.8, 4) is 0 Å². The summed E-state index contributed by atoms with van der Waals surface area (Å²) in [4.78, 5) is 41.1. The summed E-state index contributed by atoms with van der Waals surface area (Å²) in [5, 5.41) is 5.69. The first-order valence-electron chi connectivity index (χ1n) is 12.2. The molecule has 0 saturated heterocycles. The van der Waals surface area contributed by atoms with E-state index >= 15 is 0 Å². The van der Waals surface area contributed by atoms with Crippen molar-refractivity contribution in [2.75, 3.05) is 13.6 Å². The van der Waals surface area contributed by atoms with Crippen LogP contribution in [0, 0.1) is 6.92 Å². The van der Waals surface area contributed by atoms with Gasteiger partial charge in [0.25, 0.3) is 0 Å². The Bertz CT molecular complexity index is 985. The zero-order chi connectivity index (χ0) is 26.0. The van der Waals surface area contributed by atoms with Crippen molar-refractivity contribution in [2.24, 2.45) is 0 Å². The van der Waals surface area contributed by atoms with Crippen LogP contribution < -0.4 is 10.6 Å². The van der Waals surface area contributed by atoms with Crippen LogP contribution in [-0.2, 0) is 20.7 Å². The predicted molar refractivity (Wildman–Crippen MR) is 138 cm³/mol. The van der Waals surface area contributed by atoms with Crippen LogP contribution in [-0.4, -0.2) is 48.0 Å². The van der Waals surface area contributed by atoms with E-state index in [0.29, 0.717) is 6.54 Å². The van der Waals surface area contributed by atoms with Crippen molar-refractivity contribution in [1.29, 1.82) is 0 Å². The fourth-order valence-corrected chi connectivity index (χ4v) is 3.78. The Morgan fingerprint density at radius 1 is 1.00 bits per heavy atom. The zero-order valence-electron chi connectivity index (χ0n) is 21.8. The second kappa shape index (κ2) is 12.9. The largest absolute Gasteiger partial charge is 0.444 e. The van der Waals surface area contributed by atoms with E-state index in [-0.39, 0.29) is 18.2 Å². The van der Waals surface area contributed by atoms with Gasteiger partial charge in [-0.15, -0.1) is 0 Å². The molecule has 2 atom stereocenters. The summed E-state index contributed by atoms with van der Waals surface area (Å²) in [5.74, 6) is -0.627. The molecule has 0 heterocycles. The molecule has 0 aliphatic heterocycles. The highest BCUT2D eigenvalue weighted by Crippen LogP contribution is 2.24. The minimum Gasteiger partial charge on any atom is -0.444 e. The van der Waals surface area contributed by atoms with Crippen LogP contribution >= 0.6 is 0 Å². The molecule has 35 heavy (non-hydrogen) atoms. The quantitative estimate of drug-likeness (QED) is 0.488. The van der Waals surface area contributed by atoms with Gasteiger partial charge < -0.3 is 20.3 Å². The average Bonchev–Trinajstić information content (AvgIpc) is 2.79. The highest BCUT2D eigenvalue weighted by atomic mass is 16.6. The summed E-state index contributed by atoms with van der Waals surface area (Å²) in [5.41, 5.74) is 1.82. The van der Waals surface area contributed by atoms with Crippen LogP contribution in [0.1, 0.15) is 63.3 Å². The fourth-order valence-electron chi connectivity index (χ4n) is 3.78. The van der Waals surface area contributed by atoms with Crippen LogP contribution in [0.5, 0.6) is 0 Å². The van der Waals surface area contributed by atoms with Crippen LogP contribution in [0.2, 0.25) is 0 Å². The van der Waals surface area contributed by atoms with Crippen molar-refractivity contribution < 1.29 is 19.1 Å². The molecule has 190 valence electrons. The molecule has 0 spiro atoms. The molecule has 0 radical (unpaired) electrons. The van der Waals surface area contributed by atoms with Gasteiger partial charge in [-0.25, -0.2) is 4.79 Å². The molecule has 0 saturated carbocycles. The number of nitrogens with one attached hydrogen (secondary N) is 2. The number of amides is 3. The maximum atomic E-state index is 13.8. The van der Waals surface area contributed by atoms with Gasteiger partial charge in [-0.05, 0) is 50.8 Å². The molecule has 0 bridgehead atoms. The third-order valence-electron chi connectivity index (χ3n) is 5.57. The SMILES string of the molecule is CCCCNC(=O)C(c1ccccc1C)N(C)C(=O)C(Cc1ccccc1)NC(=O)OC(C)(C)C. The number of hydrogen-bond acceptors (Lipinski definition) is 4. The standard InChI is InChI=1S/C28H39N3O4/c1-7-8-18-29-25(32)24(22-17-13-12-14-20(22)2)31(6)26(33)23(19-21-15-10-9-11-16-21)30-27(34)35-28(3,4)5/h9-17,23-24H,7-8,18-19H2,1-6H3,(H,29,32)(H,30,34). The number of carbonyl (C=O) groups is 3. The van der Waals surface area contributed by atoms with Gasteiger partial charge in [0.05, 0.1) is 0 Å². The molecule has 2 N–H and O–H groups in total. The van der Waals surface area contributed by atoms with E-state index in [9.17, 15) is 14.4 Å². The molecule has 0 fully saturated rings. The van der Waals surface area contributed by atoms with Crippen molar-refractivity contribution in [3.63, 3.8) is 0 Å². The van der Waals surface area contributed by atoms with E-state index in [1.807, 2.05) is 61.5 Å². The lowest BCUT2D eigenvalue weighted by Crippen LogP contribution is -2.52. The summed E-state index contributed by atoms with van der Waals surface area (Å²) in [6.45, 7) is 9.80. The van der Waals surface area contributed by atoms with E-state index < -0.39 is 23.8 Å². The molecule has 0 aromatic heterocycles. The molecule has 0 aliphatic rings. The van der Waals surface area contributed by atoms with Crippen molar-refractivity contribution in [1.82, 2.24) is 15.5 Å². The Morgan fingerprint density at radius 3 is 2.23 bits per heavy atom. The molecular formula is C28H39N3O4. The van der Waals surface area contributed by atoms with Gasteiger partial charge in [0, 0.05) is 20.0 Å². The van der Waals surface area contributed by atoms with E-state index in [2.05, 4.69) is 17.6 Å². The molecule has 2 unspecified atom stereocenters. The van der Waals surface area contributed by atoms with Gasteiger partial charge in [0.1, 0.15) is 17.7 Å². The number of hydrogen-bond donors (Lipinski definition) is 2. The third-order valence-corrected chi connectivity index (χ3v) is 5.57. The molecule has 2 aromatic rings. The first-order chi connectivity index (χ1) is 16.5. The molecule has 2 rings (SSSR count). The number of alkyl carbamates (subject to hydrolysis) is 1. The van der Waals surface area contributed by atoms with E-state index in [0.717, 1.165) is 29.5 Å². The molecule has 3 amide bonds. The number of likely N-dealkylation sites (N-methyl/N-ethyl adjacent to an activating group) is 1. The highest BCUT2D eigenvalue weighted by Gasteiger charge is 2.34. The number of benzene rings is 2. The molecular weight excluding hydrogens is 442 g/mol. The first-order valence-corrected chi connectivity index (χ1v) is 12.2. The Hall–Kier alpha value is -3.35. The Balaban J connectivity index is 2.37. The average molecular weight is 482 g/mol. The fraction of sp³-hybridized carbons (Fsp3) is 0.464. The van der Waals surface area contributed by atoms with Crippen LogP contribution in [0.15, 0.2) is 54.6 Å². The molecule has 2 aromatic carbocycles. The van der Waals surface area contributed by atoms with Crippen LogP contribution in [0.4, 0.5) is 4.79 Å². The maximum Gasteiger partial charge on any atom is 0.408 e. The monoisotopic (exact) mass is 481 g/mol. The Labute approximate surface area is 209 Å². The first kappa shape index (κ1) is 27.9. The summed E-state index contributed by atoms with van der Waals surface area (Å²) in [7, 11) is 1.60. The zero-order valence-corrected chi connectivity index (χ0v) is 21.8. The summed E-state index contributed by atoms with van der Waals surface area (Å²) < 4.78 is 5.41. The van der Waals surface area contributed by atoms with Crippen molar-refractivity contribution in [2.45, 2.75) is 71.6 Å². The smallest absolute Gasteiger partial charge is 0.408 e. The normalized spacial score (nSPS) is 12.9. The second-order valence-corrected chi connectivity index (χ2v) is 9.74. The molecule has 0 aliphatic carbocycles. The van der Waals surface area contributed by atoms with E-state index in [1.165, 1.54) is 4.90 Å². The van der Waals surface area contributed by atoms with Gasteiger partial charge in [0.15, 0.2) is 0 Å². The summed E-state index contributed by atoms with van der Waals surface area (Å²) in [6, 6.07) is 15.2. The van der Waals surface area contributed by atoms with Crippen LogP contribution in [0.25, 0.3) is 0 Å². The van der Waals surface area contributed by atoms with Crippen molar-refractivity contribution in [3.05, 3.63) is 71.3 Å². The van der Waals surface area contributed by atoms with Gasteiger partial charge in [-0.2, -0.15) is 0 Å². The van der Waals surface area contributed by atoms with Gasteiger partial charge in [-0.1, -0.05) is 67.9 Å². The topological polar surface area (TPSA) is 87.7 Å². The number of nitrogens with zero attached hydrogens (tertiary/aromatic N) is 1. The van der Waals surface area contributed by atoms with E-state index in [1.54, 1.807) is 27.8 Å². The summed E-state index contributed by atoms with van der Waals surface area (Å²) in [6.07, 6.45) is 1.38. The highest BCUT2D eigenvalue weighted by molar-refractivity contribution is 5.92. The molecule has 7 nitrogen and oxygen atoms in total. The lowest BCUT2D eigenvalue weighted by Gasteiger charge is -2.32. The number of rotatable bonds is 10. The number of unbranched alkanes of at least 4 members (excludes halogenated alkanes) is 1. The number of carbonyl (C=O) groups excluding carboxylic acids is 3. The number of ether oxygens (including phenoxy) is 1.